The molecule has 1 aliphatic rings. The van der Waals surface area contributed by atoms with E-state index in [1.807, 2.05) is 0 Å². The van der Waals surface area contributed by atoms with Crippen molar-refractivity contribution in [3.8, 4) is 0 Å². The lowest BCUT2D eigenvalue weighted by Gasteiger charge is -2.14. The first-order valence-electron chi connectivity index (χ1n) is 6.23. The van der Waals surface area contributed by atoms with E-state index in [4.69, 9.17) is 10.9 Å². The van der Waals surface area contributed by atoms with Crippen LogP contribution in [0.5, 0.6) is 0 Å². The van der Waals surface area contributed by atoms with Crippen LogP contribution in [0.4, 0.5) is 10.1 Å². The fourth-order valence-corrected chi connectivity index (χ4v) is 3.84. The Morgan fingerprint density at radius 1 is 1.40 bits per heavy atom. The van der Waals surface area contributed by atoms with Crippen LogP contribution in [0.15, 0.2) is 23.4 Å². The highest BCUT2D eigenvalue weighted by molar-refractivity contribution is 7.93. The Labute approximate surface area is 116 Å². The molecule has 0 saturated heterocycles. The van der Waals surface area contributed by atoms with Crippen molar-refractivity contribution in [2.75, 3.05) is 4.72 Å². The highest BCUT2D eigenvalue weighted by atomic mass is 32.2. The minimum Gasteiger partial charge on any atom is -0.409 e. The van der Waals surface area contributed by atoms with Gasteiger partial charge in [-0.3, -0.25) is 4.72 Å². The third kappa shape index (κ3) is 3.01. The molecule has 0 aromatic heterocycles. The number of nitrogens with zero attached hydrogens (tertiary/aromatic N) is 1. The maximum atomic E-state index is 13.8. The largest absolute Gasteiger partial charge is 0.409 e. The lowest BCUT2D eigenvalue weighted by atomic mass is 10.2. The van der Waals surface area contributed by atoms with Crippen molar-refractivity contribution < 1.29 is 18.0 Å². The third-order valence-electron chi connectivity index (χ3n) is 3.37. The first kappa shape index (κ1) is 14.6. The van der Waals surface area contributed by atoms with Crippen LogP contribution in [0, 0.1) is 5.82 Å². The number of nitrogens with one attached hydrogen (secondary N) is 1. The lowest BCUT2D eigenvalue weighted by molar-refractivity contribution is 0.318. The molecule has 0 unspecified atom stereocenters. The summed E-state index contributed by atoms with van der Waals surface area (Å²) in [7, 11) is -3.58. The number of anilines is 1. The van der Waals surface area contributed by atoms with Crippen LogP contribution in [-0.4, -0.2) is 24.7 Å². The number of benzene rings is 1. The van der Waals surface area contributed by atoms with Crippen LogP contribution in [0.3, 0.4) is 0 Å². The first-order chi connectivity index (χ1) is 9.44. The quantitative estimate of drug-likeness (QED) is 0.340. The van der Waals surface area contributed by atoms with Gasteiger partial charge in [0.25, 0.3) is 0 Å². The molecule has 110 valence electrons. The van der Waals surface area contributed by atoms with Gasteiger partial charge in [-0.05, 0) is 31.0 Å². The van der Waals surface area contributed by atoms with Crippen molar-refractivity contribution >= 4 is 21.5 Å². The van der Waals surface area contributed by atoms with Gasteiger partial charge in [0.05, 0.1) is 10.9 Å². The smallest absolute Gasteiger partial charge is 0.235 e. The van der Waals surface area contributed by atoms with Gasteiger partial charge in [0.15, 0.2) is 5.84 Å². The lowest BCUT2D eigenvalue weighted by Crippen LogP contribution is -2.25. The molecule has 4 N–H and O–H groups in total. The van der Waals surface area contributed by atoms with Gasteiger partial charge in [0.1, 0.15) is 5.82 Å². The summed E-state index contributed by atoms with van der Waals surface area (Å²) in [5.74, 6) is -1.01. The highest BCUT2D eigenvalue weighted by Crippen LogP contribution is 2.27. The second kappa shape index (κ2) is 5.66. The zero-order chi connectivity index (χ0) is 14.8. The number of nitrogens with two attached hydrogens (primary N) is 1. The van der Waals surface area contributed by atoms with Gasteiger partial charge in [0, 0.05) is 5.56 Å². The van der Waals surface area contributed by atoms with Gasteiger partial charge in [-0.15, -0.1) is 0 Å². The summed E-state index contributed by atoms with van der Waals surface area (Å²) in [5.41, 5.74) is 5.38. The third-order valence-corrected chi connectivity index (χ3v) is 5.22. The molecule has 0 spiro atoms. The van der Waals surface area contributed by atoms with Crippen LogP contribution < -0.4 is 10.5 Å². The van der Waals surface area contributed by atoms with E-state index in [-0.39, 0.29) is 17.1 Å². The van der Waals surface area contributed by atoms with E-state index in [0.29, 0.717) is 12.8 Å². The zero-order valence-electron chi connectivity index (χ0n) is 10.7. The number of oxime groups is 1. The summed E-state index contributed by atoms with van der Waals surface area (Å²) >= 11 is 0. The van der Waals surface area contributed by atoms with Gasteiger partial charge >= 0.3 is 0 Å². The van der Waals surface area contributed by atoms with Crippen molar-refractivity contribution in [2.45, 2.75) is 30.9 Å². The van der Waals surface area contributed by atoms with Crippen LogP contribution in [-0.2, 0) is 10.0 Å². The van der Waals surface area contributed by atoms with E-state index < -0.39 is 21.1 Å². The Kier molecular flexibility index (Phi) is 4.12. The topological polar surface area (TPSA) is 105 Å². The molecule has 1 aromatic rings. The van der Waals surface area contributed by atoms with Gasteiger partial charge < -0.3 is 10.9 Å². The monoisotopic (exact) mass is 301 g/mol. The maximum Gasteiger partial charge on any atom is 0.235 e. The van der Waals surface area contributed by atoms with Crippen LogP contribution in [0.2, 0.25) is 0 Å². The van der Waals surface area contributed by atoms with Gasteiger partial charge in [-0.2, -0.15) is 0 Å². The average Bonchev–Trinajstić information content (AvgIpc) is 2.95. The summed E-state index contributed by atoms with van der Waals surface area (Å²) < 4.78 is 40.2. The van der Waals surface area contributed by atoms with Crippen LogP contribution >= 0.6 is 0 Å². The average molecular weight is 301 g/mol. The van der Waals surface area contributed by atoms with E-state index in [0.717, 1.165) is 18.9 Å². The molecule has 0 amide bonds. The van der Waals surface area contributed by atoms with E-state index in [2.05, 4.69) is 9.88 Å². The molecule has 6 nitrogen and oxygen atoms in total. The molecular formula is C12H16FN3O3S. The van der Waals surface area contributed by atoms with Crippen molar-refractivity contribution in [1.82, 2.24) is 0 Å². The normalized spacial score (nSPS) is 17.4. The first-order valence-corrected chi connectivity index (χ1v) is 7.78. The molecule has 0 aliphatic heterocycles. The number of amidine groups is 1. The van der Waals surface area contributed by atoms with Gasteiger partial charge in [0.2, 0.25) is 10.0 Å². The molecule has 0 radical (unpaired) electrons. The van der Waals surface area contributed by atoms with Crippen molar-refractivity contribution in [1.29, 1.82) is 0 Å². The van der Waals surface area contributed by atoms with E-state index in [9.17, 15) is 12.8 Å². The predicted molar refractivity (Wildman–Crippen MR) is 73.7 cm³/mol. The number of hydrogen-bond donors (Lipinski definition) is 3. The van der Waals surface area contributed by atoms with Crippen molar-refractivity contribution in [3.05, 3.63) is 29.6 Å². The minimum atomic E-state index is -3.58. The molecule has 0 heterocycles. The Hall–Kier alpha value is -1.83. The Morgan fingerprint density at radius 3 is 2.60 bits per heavy atom. The molecule has 1 fully saturated rings. The van der Waals surface area contributed by atoms with Gasteiger partial charge in [-0.25, -0.2) is 12.8 Å². The summed E-state index contributed by atoms with van der Waals surface area (Å²) in [6, 6.07) is 3.65. The maximum absolute atomic E-state index is 13.8. The summed E-state index contributed by atoms with van der Waals surface area (Å²) in [5, 5.41) is 10.8. The molecular weight excluding hydrogens is 285 g/mol. The van der Waals surface area contributed by atoms with Crippen LogP contribution in [0.1, 0.15) is 31.2 Å². The molecule has 0 atom stereocenters. The van der Waals surface area contributed by atoms with Crippen molar-refractivity contribution in [3.63, 3.8) is 0 Å². The number of hydrogen-bond acceptors (Lipinski definition) is 4. The molecule has 1 saturated carbocycles. The highest BCUT2D eigenvalue weighted by Gasteiger charge is 2.29. The standard InChI is InChI=1S/C12H16FN3O3S/c13-10-7-8(12(14)15-17)5-6-11(10)16-20(18,19)9-3-1-2-4-9/h5-7,9,16-17H,1-4H2,(H2,14,15). The SMILES string of the molecule is N/C(=N/O)c1ccc(NS(=O)(=O)C2CCCC2)c(F)c1. The van der Waals surface area contributed by atoms with Crippen molar-refractivity contribution in [2.24, 2.45) is 10.9 Å². The number of halogens is 1. The van der Waals surface area contributed by atoms with E-state index in [1.165, 1.54) is 12.1 Å². The molecule has 2 rings (SSSR count). The van der Waals surface area contributed by atoms with E-state index >= 15 is 0 Å². The van der Waals surface area contributed by atoms with Crippen LogP contribution in [0.25, 0.3) is 0 Å². The second-order valence-corrected chi connectivity index (χ2v) is 6.69. The summed E-state index contributed by atoms with van der Waals surface area (Å²) in [6.45, 7) is 0. The fourth-order valence-electron chi connectivity index (χ4n) is 2.25. The van der Waals surface area contributed by atoms with E-state index in [1.54, 1.807) is 0 Å². The number of sulfonamides is 1. The van der Waals surface area contributed by atoms with Gasteiger partial charge in [-0.1, -0.05) is 18.0 Å². The minimum absolute atomic E-state index is 0.133. The molecule has 1 aliphatic carbocycles. The Balaban J connectivity index is 2.22. The second-order valence-electron chi connectivity index (χ2n) is 4.73. The molecule has 20 heavy (non-hydrogen) atoms. The summed E-state index contributed by atoms with van der Waals surface area (Å²) in [6.07, 6.45) is 2.94. The fraction of sp³-hybridized carbons (Fsp3) is 0.417. The molecule has 8 heteroatoms. The molecule has 0 bridgehead atoms. The molecule has 1 aromatic carbocycles. The number of rotatable bonds is 4. The Bertz CT molecular complexity index is 625. The Morgan fingerprint density at radius 2 is 2.05 bits per heavy atom. The summed E-state index contributed by atoms with van der Waals surface area (Å²) in [4.78, 5) is 0. The zero-order valence-corrected chi connectivity index (χ0v) is 11.5. The predicted octanol–water partition coefficient (Wildman–Crippen LogP) is 1.60.